The molecule has 16 heavy (non-hydrogen) atoms. The highest BCUT2D eigenvalue weighted by molar-refractivity contribution is 6.30. The SMILES string of the molecule is C=CC(CCc1ccc(Cl)cc1)OC(C)=O. The summed E-state index contributed by atoms with van der Waals surface area (Å²) in [4.78, 5) is 10.8. The van der Waals surface area contributed by atoms with Crippen LogP contribution in [0, 0.1) is 0 Å². The standard InChI is InChI=1S/C13H15ClO2/c1-3-13(16-10(2)15)9-6-11-4-7-12(14)8-5-11/h3-5,7-8,13H,1,6,9H2,2H3. The molecule has 0 bridgehead atoms. The third-order valence-electron chi connectivity index (χ3n) is 2.21. The van der Waals surface area contributed by atoms with Crippen LogP contribution in [-0.2, 0) is 16.0 Å². The first-order valence-corrected chi connectivity index (χ1v) is 5.54. The zero-order valence-corrected chi connectivity index (χ0v) is 10.0. The third-order valence-corrected chi connectivity index (χ3v) is 2.46. The Bertz CT molecular complexity index is 357. The molecule has 0 aliphatic heterocycles. The Hall–Kier alpha value is -1.28. The van der Waals surface area contributed by atoms with E-state index in [1.165, 1.54) is 12.5 Å². The summed E-state index contributed by atoms with van der Waals surface area (Å²) in [6.45, 7) is 5.04. The molecule has 0 aliphatic carbocycles. The molecular weight excluding hydrogens is 224 g/mol. The van der Waals surface area contributed by atoms with Gasteiger partial charge in [0.2, 0.25) is 0 Å². The van der Waals surface area contributed by atoms with Crippen LogP contribution in [0.15, 0.2) is 36.9 Å². The minimum Gasteiger partial charge on any atom is -0.458 e. The number of halogens is 1. The molecule has 0 N–H and O–H groups in total. The zero-order chi connectivity index (χ0) is 12.0. The van der Waals surface area contributed by atoms with Gasteiger partial charge in [0.1, 0.15) is 6.10 Å². The molecule has 0 fully saturated rings. The lowest BCUT2D eigenvalue weighted by Gasteiger charge is -2.12. The highest BCUT2D eigenvalue weighted by Gasteiger charge is 2.07. The predicted octanol–water partition coefficient (Wildman–Crippen LogP) is 3.39. The monoisotopic (exact) mass is 238 g/mol. The van der Waals surface area contributed by atoms with Gasteiger partial charge in [0, 0.05) is 11.9 Å². The van der Waals surface area contributed by atoms with Crippen molar-refractivity contribution in [3.63, 3.8) is 0 Å². The van der Waals surface area contributed by atoms with E-state index in [4.69, 9.17) is 16.3 Å². The van der Waals surface area contributed by atoms with Crippen molar-refractivity contribution in [3.05, 3.63) is 47.5 Å². The zero-order valence-electron chi connectivity index (χ0n) is 9.28. The first-order chi connectivity index (χ1) is 7.61. The van der Waals surface area contributed by atoms with Crippen LogP contribution in [0.5, 0.6) is 0 Å². The van der Waals surface area contributed by atoms with E-state index in [0.29, 0.717) is 0 Å². The molecule has 0 heterocycles. The lowest BCUT2D eigenvalue weighted by atomic mass is 10.1. The summed E-state index contributed by atoms with van der Waals surface area (Å²) in [6, 6.07) is 7.64. The highest BCUT2D eigenvalue weighted by Crippen LogP contribution is 2.13. The maximum Gasteiger partial charge on any atom is 0.303 e. The second-order valence-electron chi connectivity index (χ2n) is 3.55. The van der Waals surface area contributed by atoms with E-state index < -0.39 is 0 Å². The Morgan fingerprint density at radius 1 is 1.50 bits per heavy atom. The molecule has 86 valence electrons. The van der Waals surface area contributed by atoms with Gasteiger partial charge >= 0.3 is 5.97 Å². The van der Waals surface area contributed by atoms with E-state index in [2.05, 4.69) is 6.58 Å². The molecule has 0 saturated carbocycles. The van der Waals surface area contributed by atoms with Gasteiger partial charge in [-0.3, -0.25) is 4.79 Å². The number of hydrogen-bond donors (Lipinski definition) is 0. The fourth-order valence-electron chi connectivity index (χ4n) is 1.40. The lowest BCUT2D eigenvalue weighted by molar-refractivity contribution is -0.144. The van der Waals surface area contributed by atoms with E-state index >= 15 is 0 Å². The minimum atomic E-state index is -0.277. The molecule has 1 aromatic rings. The van der Waals surface area contributed by atoms with E-state index in [9.17, 15) is 4.79 Å². The number of hydrogen-bond acceptors (Lipinski definition) is 2. The molecule has 0 radical (unpaired) electrons. The van der Waals surface area contributed by atoms with Crippen molar-refractivity contribution >= 4 is 17.6 Å². The Kier molecular flexibility index (Phi) is 5.06. The van der Waals surface area contributed by atoms with Gasteiger partial charge in [-0.2, -0.15) is 0 Å². The Morgan fingerprint density at radius 2 is 2.12 bits per heavy atom. The fraction of sp³-hybridized carbons (Fsp3) is 0.308. The van der Waals surface area contributed by atoms with Crippen molar-refractivity contribution in [2.24, 2.45) is 0 Å². The van der Waals surface area contributed by atoms with Gasteiger partial charge in [-0.25, -0.2) is 0 Å². The number of aryl methyl sites for hydroxylation is 1. The number of rotatable bonds is 5. The molecule has 1 aromatic carbocycles. The first kappa shape index (κ1) is 12.8. The topological polar surface area (TPSA) is 26.3 Å². The van der Waals surface area contributed by atoms with Crippen LogP contribution >= 0.6 is 11.6 Å². The average molecular weight is 239 g/mol. The van der Waals surface area contributed by atoms with Crippen molar-refractivity contribution < 1.29 is 9.53 Å². The lowest BCUT2D eigenvalue weighted by Crippen LogP contribution is -2.14. The normalized spacial score (nSPS) is 11.9. The van der Waals surface area contributed by atoms with E-state index in [1.807, 2.05) is 24.3 Å². The second kappa shape index (κ2) is 6.33. The van der Waals surface area contributed by atoms with Crippen molar-refractivity contribution in [1.82, 2.24) is 0 Å². The molecule has 1 unspecified atom stereocenters. The van der Waals surface area contributed by atoms with Gasteiger partial charge in [-0.15, -0.1) is 0 Å². The molecular formula is C13H15ClO2. The van der Waals surface area contributed by atoms with Crippen molar-refractivity contribution in [2.45, 2.75) is 25.9 Å². The molecule has 2 nitrogen and oxygen atoms in total. The number of carbonyl (C=O) groups is 1. The van der Waals surface area contributed by atoms with Crippen molar-refractivity contribution in [1.29, 1.82) is 0 Å². The highest BCUT2D eigenvalue weighted by atomic mass is 35.5. The predicted molar refractivity (Wildman–Crippen MR) is 65.5 cm³/mol. The van der Waals surface area contributed by atoms with Crippen LogP contribution in [0.3, 0.4) is 0 Å². The average Bonchev–Trinajstić information content (AvgIpc) is 2.26. The number of benzene rings is 1. The quantitative estimate of drug-likeness (QED) is 0.581. The van der Waals surface area contributed by atoms with Gasteiger partial charge < -0.3 is 4.74 Å². The van der Waals surface area contributed by atoms with E-state index in [0.717, 1.165) is 17.9 Å². The van der Waals surface area contributed by atoms with Crippen LogP contribution in [0.25, 0.3) is 0 Å². The van der Waals surface area contributed by atoms with Gasteiger partial charge in [-0.1, -0.05) is 36.4 Å². The minimum absolute atomic E-state index is 0.215. The Morgan fingerprint density at radius 3 is 2.62 bits per heavy atom. The van der Waals surface area contributed by atoms with Crippen LogP contribution in [-0.4, -0.2) is 12.1 Å². The number of ether oxygens (including phenoxy) is 1. The molecule has 0 aliphatic rings. The second-order valence-corrected chi connectivity index (χ2v) is 3.99. The molecule has 0 aromatic heterocycles. The van der Waals surface area contributed by atoms with E-state index in [1.54, 1.807) is 6.08 Å². The summed E-state index contributed by atoms with van der Waals surface area (Å²) < 4.78 is 5.06. The smallest absolute Gasteiger partial charge is 0.303 e. The maximum absolute atomic E-state index is 10.8. The van der Waals surface area contributed by atoms with Crippen LogP contribution in [0.2, 0.25) is 5.02 Å². The van der Waals surface area contributed by atoms with Gasteiger partial charge in [0.25, 0.3) is 0 Å². The Balaban J connectivity index is 2.46. The van der Waals surface area contributed by atoms with Gasteiger partial charge in [0.15, 0.2) is 0 Å². The summed E-state index contributed by atoms with van der Waals surface area (Å²) in [7, 11) is 0. The molecule has 0 spiro atoms. The third kappa shape index (κ3) is 4.49. The first-order valence-electron chi connectivity index (χ1n) is 5.16. The molecule has 1 rings (SSSR count). The molecule has 0 amide bonds. The summed E-state index contributed by atoms with van der Waals surface area (Å²) in [5.41, 5.74) is 1.17. The summed E-state index contributed by atoms with van der Waals surface area (Å²) >= 11 is 5.78. The maximum atomic E-state index is 10.8. The van der Waals surface area contributed by atoms with Gasteiger partial charge in [0.05, 0.1) is 0 Å². The summed E-state index contributed by atoms with van der Waals surface area (Å²) in [5, 5.41) is 0.726. The summed E-state index contributed by atoms with van der Waals surface area (Å²) in [5.74, 6) is -0.277. The number of esters is 1. The molecule has 3 heteroatoms. The van der Waals surface area contributed by atoms with Crippen LogP contribution in [0.4, 0.5) is 0 Å². The number of carbonyl (C=O) groups excluding carboxylic acids is 1. The van der Waals surface area contributed by atoms with Crippen molar-refractivity contribution in [3.8, 4) is 0 Å². The molecule has 1 atom stereocenters. The van der Waals surface area contributed by atoms with Crippen LogP contribution < -0.4 is 0 Å². The molecule has 0 saturated heterocycles. The van der Waals surface area contributed by atoms with Crippen LogP contribution in [0.1, 0.15) is 18.9 Å². The summed E-state index contributed by atoms with van der Waals surface area (Å²) in [6.07, 6.45) is 3.01. The largest absolute Gasteiger partial charge is 0.458 e. The van der Waals surface area contributed by atoms with Crippen molar-refractivity contribution in [2.75, 3.05) is 0 Å². The fourth-order valence-corrected chi connectivity index (χ4v) is 1.52. The Labute approximate surface area is 101 Å². The van der Waals surface area contributed by atoms with Gasteiger partial charge in [-0.05, 0) is 30.5 Å². The van der Waals surface area contributed by atoms with E-state index in [-0.39, 0.29) is 12.1 Å².